The highest BCUT2D eigenvalue weighted by Crippen LogP contribution is 2.36. The Balaban J connectivity index is 2.46. The standard InChI is InChI=1S/C15H7Cl2F6NO/c16-10-1-2-11(17)12(6-10)24-13(25)7-3-8(14(18,19)20)5-9(4-7)15(21,22)23/h1-6H,(H,24,25). The van der Waals surface area contributed by atoms with Crippen LogP contribution in [-0.4, -0.2) is 5.91 Å². The molecule has 25 heavy (non-hydrogen) atoms. The smallest absolute Gasteiger partial charge is 0.321 e. The van der Waals surface area contributed by atoms with Crippen LogP contribution >= 0.6 is 23.2 Å². The molecule has 0 atom stereocenters. The predicted molar refractivity (Wildman–Crippen MR) is 80.9 cm³/mol. The number of benzene rings is 2. The Morgan fingerprint density at radius 1 is 0.840 bits per heavy atom. The summed E-state index contributed by atoms with van der Waals surface area (Å²) in [6.45, 7) is 0. The Morgan fingerprint density at radius 3 is 1.84 bits per heavy atom. The van der Waals surface area contributed by atoms with Gasteiger partial charge >= 0.3 is 12.4 Å². The maximum absolute atomic E-state index is 12.8. The second kappa shape index (κ2) is 6.76. The molecule has 134 valence electrons. The van der Waals surface area contributed by atoms with Gasteiger partial charge in [-0.1, -0.05) is 23.2 Å². The first-order valence-corrected chi connectivity index (χ1v) is 7.19. The summed E-state index contributed by atoms with van der Waals surface area (Å²) in [5, 5.41) is 2.32. The Hall–Kier alpha value is -1.93. The molecular formula is C15H7Cl2F6NO. The van der Waals surface area contributed by atoms with Crippen LogP contribution in [0.4, 0.5) is 32.0 Å². The summed E-state index contributed by atoms with van der Waals surface area (Å²) >= 11 is 11.5. The number of carbonyl (C=O) groups excluding carboxylic acids is 1. The zero-order chi connectivity index (χ0) is 19.0. The van der Waals surface area contributed by atoms with Crippen LogP contribution in [0.15, 0.2) is 36.4 Å². The van der Waals surface area contributed by atoms with Gasteiger partial charge in [0.1, 0.15) is 0 Å². The number of hydrogen-bond acceptors (Lipinski definition) is 1. The van der Waals surface area contributed by atoms with Gasteiger partial charge in [-0.05, 0) is 36.4 Å². The highest BCUT2D eigenvalue weighted by atomic mass is 35.5. The molecular weight excluding hydrogens is 395 g/mol. The van der Waals surface area contributed by atoms with Crippen LogP contribution in [-0.2, 0) is 12.4 Å². The van der Waals surface area contributed by atoms with E-state index in [2.05, 4.69) is 5.32 Å². The number of nitrogens with one attached hydrogen (secondary N) is 1. The van der Waals surface area contributed by atoms with Crippen molar-refractivity contribution in [1.82, 2.24) is 0 Å². The van der Waals surface area contributed by atoms with Crippen molar-refractivity contribution in [3.05, 3.63) is 63.1 Å². The van der Waals surface area contributed by atoms with Crippen molar-refractivity contribution >= 4 is 34.8 Å². The number of halogens is 8. The topological polar surface area (TPSA) is 29.1 Å². The van der Waals surface area contributed by atoms with Crippen molar-refractivity contribution in [2.24, 2.45) is 0 Å². The highest BCUT2D eigenvalue weighted by molar-refractivity contribution is 6.35. The maximum atomic E-state index is 12.8. The van der Waals surface area contributed by atoms with Gasteiger partial charge in [0.25, 0.3) is 5.91 Å². The number of alkyl halides is 6. The first-order valence-electron chi connectivity index (χ1n) is 6.44. The van der Waals surface area contributed by atoms with Crippen LogP contribution in [0.2, 0.25) is 10.0 Å². The minimum Gasteiger partial charge on any atom is -0.321 e. The molecule has 10 heteroatoms. The molecule has 0 aromatic heterocycles. The van der Waals surface area contributed by atoms with E-state index in [1.165, 1.54) is 18.2 Å². The van der Waals surface area contributed by atoms with E-state index >= 15 is 0 Å². The summed E-state index contributed by atoms with van der Waals surface area (Å²) in [5.74, 6) is -1.19. The quantitative estimate of drug-likeness (QED) is 0.589. The molecule has 1 N–H and O–H groups in total. The van der Waals surface area contributed by atoms with Crippen molar-refractivity contribution in [2.75, 3.05) is 5.32 Å². The van der Waals surface area contributed by atoms with Crippen LogP contribution in [0, 0.1) is 0 Å². The van der Waals surface area contributed by atoms with Crippen molar-refractivity contribution in [2.45, 2.75) is 12.4 Å². The highest BCUT2D eigenvalue weighted by Gasteiger charge is 2.37. The van der Waals surface area contributed by atoms with E-state index in [0.717, 1.165) is 0 Å². The molecule has 0 fully saturated rings. The SMILES string of the molecule is O=C(Nc1cc(Cl)ccc1Cl)c1cc(C(F)(F)F)cc(C(F)(F)F)c1. The van der Waals surface area contributed by atoms with Gasteiger partial charge in [0.05, 0.1) is 21.8 Å². The third-order valence-corrected chi connectivity index (χ3v) is 3.59. The zero-order valence-electron chi connectivity index (χ0n) is 11.9. The third kappa shape index (κ3) is 4.79. The molecule has 0 aliphatic rings. The van der Waals surface area contributed by atoms with Crippen LogP contribution < -0.4 is 5.32 Å². The second-order valence-corrected chi connectivity index (χ2v) is 5.72. The predicted octanol–water partition coefficient (Wildman–Crippen LogP) is 6.28. The third-order valence-electron chi connectivity index (χ3n) is 3.03. The van der Waals surface area contributed by atoms with Gasteiger partial charge in [-0.2, -0.15) is 26.3 Å². The van der Waals surface area contributed by atoms with Crippen LogP contribution in [0.1, 0.15) is 21.5 Å². The lowest BCUT2D eigenvalue weighted by Gasteiger charge is -2.14. The maximum Gasteiger partial charge on any atom is 0.416 e. The summed E-state index contributed by atoms with van der Waals surface area (Å²) in [4.78, 5) is 12.1. The molecule has 2 nitrogen and oxygen atoms in total. The summed E-state index contributed by atoms with van der Waals surface area (Å²) in [6, 6.07) is 4.49. The number of anilines is 1. The largest absolute Gasteiger partial charge is 0.416 e. The average Bonchev–Trinajstić information content (AvgIpc) is 2.48. The van der Waals surface area contributed by atoms with E-state index in [1.54, 1.807) is 0 Å². The minimum atomic E-state index is -5.05. The lowest BCUT2D eigenvalue weighted by Crippen LogP contribution is -2.17. The first kappa shape index (κ1) is 19.4. The monoisotopic (exact) mass is 401 g/mol. The Labute approximate surface area is 147 Å². The fraction of sp³-hybridized carbons (Fsp3) is 0.133. The lowest BCUT2D eigenvalue weighted by atomic mass is 10.0. The average molecular weight is 402 g/mol. The van der Waals surface area contributed by atoms with E-state index in [9.17, 15) is 31.1 Å². The van der Waals surface area contributed by atoms with Gasteiger partial charge in [-0.3, -0.25) is 4.79 Å². The number of rotatable bonds is 2. The van der Waals surface area contributed by atoms with E-state index < -0.39 is 35.0 Å². The number of carbonyl (C=O) groups is 1. The molecule has 0 aliphatic heterocycles. The summed E-state index contributed by atoms with van der Waals surface area (Å²) < 4.78 is 76.8. The van der Waals surface area contributed by atoms with E-state index in [4.69, 9.17) is 23.2 Å². The fourth-order valence-corrected chi connectivity index (χ4v) is 2.21. The molecule has 1 amide bonds. The molecule has 0 saturated carbocycles. The molecule has 0 heterocycles. The fourth-order valence-electron chi connectivity index (χ4n) is 1.87. The van der Waals surface area contributed by atoms with Crippen molar-refractivity contribution in [1.29, 1.82) is 0 Å². The van der Waals surface area contributed by atoms with Gasteiger partial charge in [0, 0.05) is 10.6 Å². The van der Waals surface area contributed by atoms with E-state index in [-0.39, 0.29) is 21.8 Å². The summed E-state index contributed by atoms with van der Waals surface area (Å²) in [7, 11) is 0. The molecule has 0 saturated heterocycles. The molecule has 0 radical (unpaired) electrons. The van der Waals surface area contributed by atoms with Gasteiger partial charge in [-0.15, -0.1) is 0 Å². The molecule has 0 unspecified atom stereocenters. The van der Waals surface area contributed by atoms with Gasteiger partial charge in [0.15, 0.2) is 0 Å². The number of amides is 1. The summed E-state index contributed by atoms with van der Waals surface area (Å²) in [5.41, 5.74) is -4.06. The van der Waals surface area contributed by atoms with Crippen molar-refractivity contribution in [3.8, 4) is 0 Å². The second-order valence-electron chi connectivity index (χ2n) is 4.87. The van der Waals surface area contributed by atoms with Gasteiger partial charge in [0.2, 0.25) is 0 Å². The van der Waals surface area contributed by atoms with Gasteiger partial charge < -0.3 is 5.32 Å². The lowest BCUT2D eigenvalue weighted by molar-refractivity contribution is -0.143. The molecule has 2 aromatic rings. The summed E-state index contributed by atoms with van der Waals surface area (Å²) in [6.07, 6.45) is -10.1. The first-order chi connectivity index (χ1) is 11.4. The Kier molecular flexibility index (Phi) is 5.24. The van der Waals surface area contributed by atoms with Crippen molar-refractivity contribution in [3.63, 3.8) is 0 Å². The van der Waals surface area contributed by atoms with Crippen LogP contribution in [0.5, 0.6) is 0 Å². The molecule has 2 aromatic carbocycles. The molecule has 0 aliphatic carbocycles. The van der Waals surface area contributed by atoms with Crippen LogP contribution in [0.3, 0.4) is 0 Å². The van der Waals surface area contributed by atoms with E-state index in [1.807, 2.05) is 0 Å². The number of hydrogen-bond donors (Lipinski definition) is 1. The van der Waals surface area contributed by atoms with Crippen LogP contribution in [0.25, 0.3) is 0 Å². The molecule has 0 bridgehead atoms. The zero-order valence-corrected chi connectivity index (χ0v) is 13.4. The molecule has 0 spiro atoms. The van der Waals surface area contributed by atoms with Crippen molar-refractivity contribution < 1.29 is 31.1 Å². The Morgan fingerprint density at radius 2 is 1.36 bits per heavy atom. The minimum absolute atomic E-state index is 0.0146. The van der Waals surface area contributed by atoms with Gasteiger partial charge in [-0.25, -0.2) is 0 Å². The Bertz CT molecular complexity index is 784. The van der Waals surface area contributed by atoms with E-state index in [0.29, 0.717) is 12.1 Å². The normalized spacial score (nSPS) is 12.2. The molecule has 2 rings (SSSR count).